The van der Waals surface area contributed by atoms with Crippen LogP contribution in [0.5, 0.6) is 0 Å². The molecule has 2 aromatic rings. The number of sulfonamides is 1. The summed E-state index contributed by atoms with van der Waals surface area (Å²) in [5.41, 5.74) is 3.41. The molecule has 0 unspecified atom stereocenters. The van der Waals surface area contributed by atoms with Crippen LogP contribution in [0.2, 0.25) is 5.02 Å². The summed E-state index contributed by atoms with van der Waals surface area (Å²) in [5, 5.41) is 3.50. The predicted molar refractivity (Wildman–Crippen MR) is 112 cm³/mol. The van der Waals surface area contributed by atoms with Gasteiger partial charge in [0.15, 0.2) is 0 Å². The molecule has 0 aliphatic carbocycles. The molecule has 0 aromatic heterocycles. The van der Waals surface area contributed by atoms with Crippen LogP contribution in [-0.4, -0.2) is 31.7 Å². The monoisotopic (exact) mass is 420 g/mol. The van der Waals surface area contributed by atoms with Crippen molar-refractivity contribution in [2.24, 2.45) is 5.92 Å². The number of hydrogen-bond acceptors (Lipinski definition) is 3. The van der Waals surface area contributed by atoms with Gasteiger partial charge in [0.2, 0.25) is 15.9 Å². The van der Waals surface area contributed by atoms with Gasteiger partial charge in [-0.3, -0.25) is 4.79 Å². The number of benzene rings is 2. The van der Waals surface area contributed by atoms with Crippen molar-refractivity contribution >= 4 is 33.2 Å². The lowest BCUT2D eigenvalue weighted by Gasteiger charge is -2.31. The van der Waals surface area contributed by atoms with E-state index in [1.54, 1.807) is 18.2 Å². The molecule has 1 amide bonds. The van der Waals surface area contributed by atoms with Gasteiger partial charge in [0.1, 0.15) is 0 Å². The lowest BCUT2D eigenvalue weighted by Crippen LogP contribution is -2.41. The second kappa shape index (κ2) is 8.23. The molecule has 0 radical (unpaired) electrons. The normalized spacial score (nSPS) is 16.1. The summed E-state index contributed by atoms with van der Waals surface area (Å²) in [6.45, 7) is 6.33. The van der Waals surface area contributed by atoms with Crippen LogP contribution in [0.1, 0.15) is 29.5 Å². The lowest BCUT2D eigenvalue weighted by atomic mass is 9.97. The zero-order valence-electron chi connectivity index (χ0n) is 16.3. The van der Waals surface area contributed by atoms with Gasteiger partial charge in [-0.15, -0.1) is 0 Å². The third-order valence-electron chi connectivity index (χ3n) is 5.23. The number of nitrogens with one attached hydrogen (secondary N) is 1. The predicted octanol–water partition coefficient (Wildman–Crippen LogP) is 4.30. The minimum atomic E-state index is -3.55. The van der Waals surface area contributed by atoms with Gasteiger partial charge in [0.05, 0.1) is 4.90 Å². The molecule has 0 atom stereocenters. The number of hydrogen-bond donors (Lipinski definition) is 1. The van der Waals surface area contributed by atoms with Crippen molar-refractivity contribution < 1.29 is 13.2 Å². The highest BCUT2D eigenvalue weighted by atomic mass is 35.5. The Morgan fingerprint density at radius 2 is 1.71 bits per heavy atom. The number of carbonyl (C=O) groups excluding carboxylic acids is 1. The van der Waals surface area contributed by atoms with Gasteiger partial charge in [0, 0.05) is 29.7 Å². The van der Waals surface area contributed by atoms with E-state index in [0.717, 1.165) is 16.7 Å². The molecule has 5 nitrogen and oxygen atoms in total. The van der Waals surface area contributed by atoms with Crippen molar-refractivity contribution in [1.29, 1.82) is 0 Å². The smallest absolute Gasteiger partial charge is 0.243 e. The van der Waals surface area contributed by atoms with Crippen molar-refractivity contribution in [3.63, 3.8) is 0 Å². The summed E-state index contributed by atoms with van der Waals surface area (Å²) in [7, 11) is -3.55. The molecular weight excluding hydrogens is 396 g/mol. The van der Waals surface area contributed by atoms with Crippen molar-refractivity contribution in [2.75, 3.05) is 18.4 Å². The number of rotatable bonds is 4. The van der Waals surface area contributed by atoms with Gasteiger partial charge < -0.3 is 5.32 Å². The molecule has 1 fully saturated rings. The maximum atomic E-state index is 13.0. The van der Waals surface area contributed by atoms with Crippen LogP contribution in [0.4, 0.5) is 5.69 Å². The quantitative estimate of drug-likeness (QED) is 0.801. The van der Waals surface area contributed by atoms with Crippen LogP contribution >= 0.6 is 11.6 Å². The van der Waals surface area contributed by atoms with Crippen LogP contribution in [0.3, 0.4) is 0 Å². The number of piperidine rings is 1. The number of carbonyl (C=O) groups is 1. The van der Waals surface area contributed by atoms with Crippen LogP contribution in [-0.2, 0) is 14.8 Å². The molecule has 7 heteroatoms. The summed E-state index contributed by atoms with van der Waals surface area (Å²) in [5.74, 6) is -0.308. The molecular formula is C21H25ClN2O3S. The highest BCUT2D eigenvalue weighted by Crippen LogP contribution is 2.28. The summed E-state index contributed by atoms with van der Waals surface area (Å²) in [4.78, 5) is 13.0. The SMILES string of the molecule is Cc1ccc(S(=O)(=O)N2CCC(C(=O)Nc3cc(Cl)ccc3C)CC2)c(C)c1. The van der Waals surface area contributed by atoms with Crippen LogP contribution < -0.4 is 5.32 Å². The lowest BCUT2D eigenvalue weighted by molar-refractivity contribution is -0.120. The van der Waals surface area contributed by atoms with Gasteiger partial charge in [-0.2, -0.15) is 4.31 Å². The van der Waals surface area contributed by atoms with E-state index in [1.165, 1.54) is 4.31 Å². The fourth-order valence-electron chi connectivity index (χ4n) is 3.55. The van der Waals surface area contributed by atoms with E-state index < -0.39 is 10.0 Å². The zero-order chi connectivity index (χ0) is 20.5. The Labute approximate surface area is 171 Å². The molecule has 0 bridgehead atoms. The first-order valence-corrected chi connectivity index (χ1v) is 11.1. The Kier molecular flexibility index (Phi) is 6.12. The van der Waals surface area contributed by atoms with Gasteiger partial charge in [-0.1, -0.05) is 35.4 Å². The number of halogens is 1. The van der Waals surface area contributed by atoms with E-state index in [2.05, 4.69) is 5.32 Å². The number of aryl methyl sites for hydroxylation is 3. The highest BCUT2D eigenvalue weighted by Gasteiger charge is 2.32. The van der Waals surface area contributed by atoms with Gasteiger partial charge >= 0.3 is 0 Å². The van der Waals surface area contributed by atoms with Crippen LogP contribution in [0, 0.1) is 26.7 Å². The van der Waals surface area contributed by atoms with Gasteiger partial charge in [-0.25, -0.2) is 8.42 Å². The van der Waals surface area contributed by atoms with Crippen molar-refractivity contribution in [3.05, 3.63) is 58.1 Å². The summed E-state index contributed by atoms with van der Waals surface area (Å²) >= 11 is 6.01. The first-order valence-electron chi connectivity index (χ1n) is 9.33. The molecule has 150 valence electrons. The Morgan fingerprint density at radius 3 is 2.36 bits per heavy atom. The second-order valence-electron chi connectivity index (χ2n) is 7.40. The molecule has 0 spiro atoms. The fraction of sp³-hybridized carbons (Fsp3) is 0.381. The minimum Gasteiger partial charge on any atom is -0.326 e. The standard InChI is InChI=1S/C21H25ClN2O3S/c1-14-4-7-20(16(3)12-14)28(26,27)24-10-8-17(9-11-24)21(25)23-19-13-18(22)6-5-15(19)2/h4-7,12-13,17H,8-11H2,1-3H3,(H,23,25). The molecule has 3 rings (SSSR count). The number of amides is 1. The van der Waals surface area contributed by atoms with Gasteiger partial charge in [-0.05, 0) is 62.9 Å². The van der Waals surface area contributed by atoms with Crippen molar-refractivity contribution in [2.45, 2.75) is 38.5 Å². The Bertz CT molecular complexity index is 997. The number of nitrogens with zero attached hydrogens (tertiary/aromatic N) is 1. The van der Waals surface area contributed by atoms with Crippen molar-refractivity contribution in [1.82, 2.24) is 4.31 Å². The molecule has 1 saturated heterocycles. The summed E-state index contributed by atoms with van der Waals surface area (Å²) in [6, 6.07) is 10.7. The Balaban J connectivity index is 1.66. The molecule has 1 aliphatic heterocycles. The topological polar surface area (TPSA) is 66.5 Å². The molecule has 1 heterocycles. The summed E-state index contributed by atoms with van der Waals surface area (Å²) in [6.07, 6.45) is 0.991. The zero-order valence-corrected chi connectivity index (χ0v) is 17.9. The Morgan fingerprint density at radius 1 is 1.04 bits per heavy atom. The second-order valence-corrected chi connectivity index (χ2v) is 9.74. The first-order chi connectivity index (χ1) is 13.2. The van der Waals surface area contributed by atoms with Crippen LogP contribution in [0.15, 0.2) is 41.3 Å². The largest absolute Gasteiger partial charge is 0.326 e. The minimum absolute atomic E-state index is 0.0890. The average molecular weight is 421 g/mol. The van der Waals surface area contributed by atoms with E-state index >= 15 is 0 Å². The van der Waals surface area contributed by atoms with Crippen molar-refractivity contribution in [3.8, 4) is 0 Å². The highest BCUT2D eigenvalue weighted by molar-refractivity contribution is 7.89. The molecule has 2 aromatic carbocycles. The first kappa shape index (κ1) is 20.8. The van der Waals surface area contributed by atoms with E-state index in [-0.39, 0.29) is 11.8 Å². The maximum absolute atomic E-state index is 13.0. The molecule has 28 heavy (non-hydrogen) atoms. The maximum Gasteiger partial charge on any atom is 0.243 e. The molecule has 0 saturated carbocycles. The van der Waals surface area contributed by atoms with E-state index in [0.29, 0.717) is 41.5 Å². The third kappa shape index (κ3) is 4.40. The fourth-order valence-corrected chi connectivity index (χ4v) is 5.40. The molecule has 1 N–H and O–H groups in total. The summed E-state index contributed by atoms with van der Waals surface area (Å²) < 4.78 is 27.4. The van der Waals surface area contributed by atoms with E-state index in [1.807, 2.05) is 39.0 Å². The number of anilines is 1. The van der Waals surface area contributed by atoms with Crippen LogP contribution in [0.25, 0.3) is 0 Å². The Hall–Kier alpha value is -1.89. The third-order valence-corrected chi connectivity index (χ3v) is 7.52. The average Bonchev–Trinajstić information content (AvgIpc) is 2.64. The van der Waals surface area contributed by atoms with E-state index in [4.69, 9.17) is 11.6 Å². The molecule has 1 aliphatic rings. The van der Waals surface area contributed by atoms with Gasteiger partial charge in [0.25, 0.3) is 0 Å². The van der Waals surface area contributed by atoms with E-state index in [9.17, 15) is 13.2 Å².